The van der Waals surface area contributed by atoms with Gasteiger partial charge in [-0.2, -0.15) is 0 Å². The molecule has 1 aromatic heterocycles. The van der Waals surface area contributed by atoms with Gasteiger partial charge in [0.15, 0.2) is 0 Å². The van der Waals surface area contributed by atoms with Gasteiger partial charge in [-0.15, -0.1) is 0 Å². The Morgan fingerprint density at radius 1 is 1.03 bits per heavy atom. The lowest BCUT2D eigenvalue weighted by Crippen LogP contribution is -2.26. The fourth-order valence-electron chi connectivity index (χ4n) is 3.54. The van der Waals surface area contributed by atoms with Crippen molar-refractivity contribution < 1.29 is 14.3 Å². The Hall–Kier alpha value is -3.15. The summed E-state index contributed by atoms with van der Waals surface area (Å²) in [5, 5.41) is 3.00. The maximum atomic E-state index is 12.1. The van der Waals surface area contributed by atoms with Gasteiger partial charge in [-0.25, -0.2) is 4.98 Å². The van der Waals surface area contributed by atoms with Gasteiger partial charge in [0.05, 0.1) is 24.6 Å². The summed E-state index contributed by atoms with van der Waals surface area (Å²) < 4.78 is 6.77. The number of esters is 1. The van der Waals surface area contributed by atoms with Crippen LogP contribution in [-0.4, -0.2) is 35.1 Å². The minimum Gasteiger partial charge on any atom is -0.468 e. The van der Waals surface area contributed by atoms with E-state index in [0.717, 1.165) is 53.7 Å². The summed E-state index contributed by atoms with van der Waals surface area (Å²) in [5.74, 6) is 0.671. The van der Waals surface area contributed by atoms with Crippen LogP contribution in [0.2, 0.25) is 0 Å². The third-order valence-electron chi connectivity index (χ3n) is 5.26. The Morgan fingerprint density at radius 2 is 1.80 bits per heavy atom. The predicted octanol–water partition coefficient (Wildman–Crippen LogP) is 3.59. The van der Waals surface area contributed by atoms with E-state index in [1.165, 1.54) is 7.11 Å². The number of methoxy groups -OCH3 is 1. The van der Waals surface area contributed by atoms with Gasteiger partial charge in [0.2, 0.25) is 5.91 Å². The molecule has 0 atom stereocenters. The number of ether oxygens (including phenoxy) is 1. The van der Waals surface area contributed by atoms with Crippen LogP contribution in [0.15, 0.2) is 48.5 Å². The first-order valence-corrected chi connectivity index (χ1v) is 10.4. The maximum absolute atomic E-state index is 12.1. The summed E-state index contributed by atoms with van der Waals surface area (Å²) in [7, 11) is 1.40. The van der Waals surface area contributed by atoms with Gasteiger partial charge in [-0.3, -0.25) is 9.59 Å². The summed E-state index contributed by atoms with van der Waals surface area (Å²) >= 11 is 0. The Labute approximate surface area is 177 Å². The van der Waals surface area contributed by atoms with Crippen molar-refractivity contribution in [3.05, 3.63) is 65.5 Å². The number of hydrogen-bond donors (Lipinski definition) is 1. The van der Waals surface area contributed by atoms with E-state index in [1.54, 1.807) is 0 Å². The first kappa shape index (κ1) is 21.6. The molecule has 0 aliphatic carbocycles. The normalized spacial score (nSPS) is 10.9. The van der Waals surface area contributed by atoms with Crippen LogP contribution in [0.25, 0.3) is 11.0 Å². The van der Waals surface area contributed by atoms with Crippen LogP contribution in [-0.2, 0) is 33.7 Å². The summed E-state index contributed by atoms with van der Waals surface area (Å²) in [6, 6.07) is 15.8. The molecule has 1 heterocycles. The summed E-state index contributed by atoms with van der Waals surface area (Å²) in [6.07, 6.45) is 4.04. The fourth-order valence-corrected chi connectivity index (χ4v) is 3.54. The molecule has 0 radical (unpaired) electrons. The van der Waals surface area contributed by atoms with Gasteiger partial charge >= 0.3 is 5.97 Å². The molecule has 6 heteroatoms. The van der Waals surface area contributed by atoms with E-state index in [-0.39, 0.29) is 18.4 Å². The second kappa shape index (κ2) is 10.6. The van der Waals surface area contributed by atoms with E-state index in [0.29, 0.717) is 13.0 Å². The number of fused-ring (bicyclic) bond motifs is 1. The Balaban J connectivity index is 1.45. The predicted molar refractivity (Wildman–Crippen MR) is 117 cm³/mol. The number of nitrogens with one attached hydrogen (secondary N) is 1. The number of carbonyl (C=O) groups is 2. The van der Waals surface area contributed by atoms with Crippen molar-refractivity contribution in [2.24, 2.45) is 0 Å². The molecule has 0 aliphatic rings. The molecule has 0 unspecified atom stereocenters. The summed E-state index contributed by atoms with van der Waals surface area (Å²) in [6.45, 7) is 2.86. The zero-order valence-electron chi connectivity index (χ0n) is 17.7. The van der Waals surface area contributed by atoms with Crippen molar-refractivity contribution in [2.45, 2.75) is 45.6 Å². The van der Waals surface area contributed by atoms with E-state index in [2.05, 4.69) is 10.3 Å². The van der Waals surface area contributed by atoms with E-state index in [9.17, 15) is 9.59 Å². The van der Waals surface area contributed by atoms with Crippen molar-refractivity contribution in [3.63, 3.8) is 0 Å². The quantitative estimate of drug-likeness (QED) is 0.412. The number of benzene rings is 2. The number of para-hydroxylation sites is 2. The molecule has 3 aromatic rings. The van der Waals surface area contributed by atoms with Crippen LogP contribution in [0.1, 0.15) is 36.2 Å². The zero-order chi connectivity index (χ0) is 21.3. The number of unbranched alkanes of at least 4 members (excludes halogenated alkanes) is 2. The van der Waals surface area contributed by atoms with Crippen LogP contribution in [0, 0.1) is 6.92 Å². The molecule has 0 fully saturated rings. The third kappa shape index (κ3) is 5.69. The summed E-state index contributed by atoms with van der Waals surface area (Å²) in [5.41, 5.74) is 4.04. The molecule has 6 nitrogen and oxygen atoms in total. The maximum Gasteiger partial charge on any atom is 0.325 e. The molecule has 0 saturated heterocycles. The second-order valence-corrected chi connectivity index (χ2v) is 7.44. The molecule has 1 N–H and O–H groups in total. The number of hydrogen-bond acceptors (Lipinski definition) is 4. The molecule has 2 aromatic carbocycles. The molecule has 3 rings (SSSR count). The van der Waals surface area contributed by atoms with Crippen LogP contribution in [0.3, 0.4) is 0 Å². The van der Waals surface area contributed by atoms with Crippen molar-refractivity contribution in [2.75, 3.05) is 13.7 Å². The van der Waals surface area contributed by atoms with Crippen LogP contribution < -0.4 is 5.32 Å². The lowest BCUT2D eigenvalue weighted by Gasteiger charge is -2.09. The van der Waals surface area contributed by atoms with Crippen LogP contribution >= 0.6 is 0 Å². The molecule has 158 valence electrons. The SMILES string of the molecule is COC(=O)Cn1c(CCCCCNC(=O)Cc2ccccc2C)nc2ccccc21. The van der Waals surface area contributed by atoms with Gasteiger partial charge < -0.3 is 14.6 Å². The lowest BCUT2D eigenvalue weighted by atomic mass is 10.1. The average molecular weight is 408 g/mol. The Morgan fingerprint density at radius 3 is 2.60 bits per heavy atom. The minimum atomic E-state index is -0.282. The zero-order valence-corrected chi connectivity index (χ0v) is 17.7. The van der Waals surface area contributed by atoms with Gasteiger partial charge in [0.1, 0.15) is 12.4 Å². The monoisotopic (exact) mass is 407 g/mol. The molecular formula is C24H29N3O3. The first-order chi connectivity index (χ1) is 14.6. The lowest BCUT2D eigenvalue weighted by molar-refractivity contribution is -0.141. The second-order valence-electron chi connectivity index (χ2n) is 7.44. The van der Waals surface area contributed by atoms with Gasteiger partial charge in [0.25, 0.3) is 0 Å². The van der Waals surface area contributed by atoms with E-state index >= 15 is 0 Å². The first-order valence-electron chi connectivity index (χ1n) is 10.4. The highest BCUT2D eigenvalue weighted by atomic mass is 16.5. The van der Waals surface area contributed by atoms with Crippen LogP contribution in [0.5, 0.6) is 0 Å². The Bertz CT molecular complexity index is 1010. The number of rotatable bonds is 10. The molecule has 0 saturated carbocycles. The highest BCUT2D eigenvalue weighted by Crippen LogP contribution is 2.18. The highest BCUT2D eigenvalue weighted by Gasteiger charge is 2.13. The minimum absolute atomic E-state index is 0.0594. The van der Waals surface area contributed by atoms with E-state index in [1.807, 2.05) is 60.0 Å². The number of imidazole rings is 1. The van der Waals surface area contributed by atoms with E-state index < -0.39 is 0 Å². The summed E-state index contributed by atoms with van der Waals surface area (Å²) in [4.78, 5) is 28.6. The van der Waals surface area contributed by atoms with Crippen molar-refractivity contribution >= 4 is 22.9 Å². The molecule has 30 heavy (non-hydrogen) atoms. The largest absolute Gasteiger partial charge is 0.468 e. The standard InChI is InChI=1S/C24H29N3O3/c1-18-10-5-6-11-19(18)16-23(28)25-15-9-3-4-14-22-26-20-12-7-8-13-21(20)27(22)17-24(29)30-2/h5-8,10-13H,3-4,9,14-17H2,1-2H3,(H,25,28). The number of aromatic nitrogens is 2. The topological polar surface area (TPSA) is 73.2 Å². The number of aryl methyl sites for hydroxylation is 2. The number of nitrogens with zero attached hydrogens (tertiary/aromatic N) is 2. The van der Waals surface area contributed by atoms with Gasteiger partial charge in [-0.05, 0) is 43.0 Å². The molecule has 0 spiro atoms. The van der Waals surface area contributed by atoms with Gasteiger partial charge in [-0.1, -0.05) is 42.8 Å². The third-order valence-corrected chi connectivity index (χ3v) is 5.26. The Kier molecular flexibility index (Phi) is 7.60. The molecule has 0 bridgehead atoms. The van der Waals surface area contributed by atoms with Crippen molar-refractivity contribution in [3.8, 4) is 0 Å². The van der Waals surface area contributed by atoms with Crippen LogP contribution in [0.4, 0.5) is 0 Å². The molecular weight excluding hydrogens is 378 g/mol. The number of amides is 1. The smallest absolute Gasteiger partial charge is 0.325 e. The fraction of sp³-hybridized carbons (Fsp3) is 0.375. The van der Waals surface area contributed by atoms with Crippen molar-refractivity contribution in [1.82, 2.24) is 14.9 Å². The molecule has 1 amide bonds. The average Bonchev–Trinajstić information content (AvgIpc) is 3.09. The highest BCUT2D eigenvalue weighted by molar-refractivity contribution is 5.79. The molecule has 0 aliphatic heterocycles. The van der Waals surface area contributed by atoms with Crippen molar-refractivity contribution in [1.29, 1.82) is 0 Å². The van der Waals surface area contributed by atoms with Gasteiger partial charge in [0, 0.05) is 13.0 Å². The van der Waals surface area contributed by atoms with E-state index in [4.69, 9.17) is 4.74 Å². The number of carbonyl (C=O) groups excluding carboxylic acids is 2.